The molecular formula is C11H8ClFN4O2. The molecular weight excluding hydrogens is 275 g/mol. The summed E-state index contributed by atoms with van der Waals surface area (Å²) in [4.78, 5) is 22.6. The summed E-state index contributed by atoms with van der Waals surface area (Å²) in [7, 11) is 1.17. The third-order valence-electron chi connectivity index (χ3n) is 2.26. The molecule has 0 spiro atoms. The van der Waals surface area contributed by atoms with E-state index in [0.717, 1.165) is 0 Å². The van der Waals surface area contributed by atoms with E-state index in [4.69, 9.17) is 17.3 Å². The first-order chi connectivity index (χ1) is 9.04. The third kappa shape index (κ3) is 2.45. The molecule has 0 fully saturated rings. The van der Waals surface area contributed by atoms with Crippen LogP contribution in [-0.2, 0) is 4.74 Å². The van der Waals surface area contributed by atoms with Crippen LogP contribution in [0.5, 0.6) is 0 Å². The van der Waals surface area contributed by atoms with E-state index >= 15 is 0 Å². The second-order valence-electron chi connectivity index (χ2n) is 3.43. The van der Waals surface area contributed by atoms with Crippen LogP contribution in [0.15, 0.2) is 18.3 Å². The van der Waals surface area contributed by atoms with Gasteiger partial charge in [-0.05, 0) is 12.1 Å². The number of carbonyl (C=O) groups is 1. The second kappa shape index (κ2) is 5.15. The molecule has 0 amide bonds. The fourth-order valence-electron chi connectivity index (χ4n) is 1.37. The Bertz CT molecular complexity index is 651. The predicted molar refractivity (Wildman–Crippen MR) is 66.0 cm³/mol. The van der Waals surface area contributed by atoms with Crippen LogP contribution in [0.2, 0.25) is 5.02 Å². The van der Waals surface area contributed by atoms with Crippen molar-refractivity contribution in [2.45, 2.75) is 0 Å². The van der Waals surface area contributed by atoms with Crippen LogP contribution >= 0.6 is 11.6 Å². The number of halogens is 2. The summed E-state index contributed by atoms with van der Waals surface area (Å²) in [6.45, 7) is 0. The average Bonchev–Trinajstić information content (AvgIpc) is 2.41. The zero-order chi connectivity index (χ0) is 14.0. The number of rotatable bonds is 2. The first kappa shape index (κ1) is 13.2. The highest BCUT2D eigenvalue weighted by atomic mass is 35.5. The van der Waals surface area contributed by atoms with Crippen molar-refractivity contribution in [3.05, 3.63) is 35.0 Å². The SMILES string of the molecule is COC(=O)c1nc(-c2cccnc2F)nc(N)c1Cl. The largest absolute Gasteiger partial charge is 0.464 e. The normalized spacial score (nSPS) is 10.3. The number of carbonyl (C=O) groups excluding carboxylic acids is 1. The molecule has 0 aliphatic rings. The van der Waals surface area contributed by atoms with Gasteiger partial charge in [-0.1, -0.05) is 11.6 Å². The van der Waals surface area contributed by atoms with E-state index in [1.54, 1.807) is 0 Å². The molecule has 2 aromatic rings. The van der Waals surface area contributed by atoms with Gasteiger partial charge in [0, 0.05) is 6.20 Å². The van der Waals surface area contributed by atoms with E-state index in [0.29, 0.717) is 0 Å². The lowest BCUT2D eigenvalue weighted by molar-refractivity contribution is 0.0594. The Kier molecular flexibility index (Phi) is 3.57. The first-order valence-corrected chi connectivity index (χ1v) is 5.44. The van der Waals surface area contributed by atoms with Crippen molar-refractivity contribution in [1.82, 2.24) is 15.0 Å². The summed E-state index contributed by atoms with van der Waals surface area (Å²) in [5.41, 5.74) is 5.35. The summed E-state index contributed by atoms with van der Waals surface area (Å²) >= 11 is 5.81. The number of nitrogens with zero attached hydrogens (tertiary/aromatic N) is 3. The Morgan fingerprint density at radius 1 is 1.47 bits per heavy atom. The Balaban J connectivity index is 2.64. The van der Waals surface area contributed by atoms with Crippen LogP contribution in [0.4, 0.5) is 10.2 Å². The smallest absolute Gasteiger partial charge is 0.358 e. The summed E-state index contributed by atoms with van der Waals surface area (Å²) in [6, 6.07) is 2.91. The summed E-state index contributed by atoms with van der Waals surface area (Å²) < 4.78 is 18.1. The highest BCUT2D eigenvalue weighted by molar-refractivity contribution is 6.35. The van der Waals surface area contributed by atoms with Crippen LogP contribution in [0.3, 0.4) is 0 Å². The minimum absolute atomic E-state index is 0.0102. The van der Waals surface area contributed by atoms with E-state index < -0.39 is 11.9 Å². The summed E-state index contributed by atoms with van der Waals surface area (Å²) in [5.74, 6) is -1.80. The highest BCUT2D eigenvalue weighted by Gasteiger charge is 2.20. The lowest BCUT2D eigenvalue weighted by Crippen LogP contribution is -2.10. The van der Waals surface area contributed by atoms with Crippen molar-refractivity contribution in [2.75, 3.05) is 12.8 Å². The Morgan fingerprint density at radius 3 is 2.84 bits per heavy atom. The van der Waals surface area contributed by atoms with Crippen LogP contribution in [-0.4, -0.2) is 28.0 Å². The minimum Gasteiger partial charge on any atom is -0.464 e. The fourth-order valence-corrected chi connectivity index (χ4v) is 1.53. The molecule has 8 heteroatoms. The summed E-state index contributed by atoms with van der Waals surface area (Å²) in [6.07, 6.45) is 1.28. The Morgan fingerprint density at radius 2 is 2.21 bits per heavy atom. The number of hydrogen-bond donors (Lipinski definition) is 1. The molecule has 0 bridgehead atoms. The number of pyridine rings is 1. The number of nitrogen functional groups attached to an aromatic ring is 1. The Hall–Kier alpha value is -2.28. The van der Waals surface area contributed by atoms with Gasteiger partial charge in [0.15, 0.2) is 11.5 Å². The van der Waals surface area contributed by atoms with Gasteiger partial charge in [0.2, 0.25) is 5.95 Å². The molecule has 2 aromatic heterocycles. The molecule has 2 heterocycles. The van der Waals surface area contributed by atoms with Crippen molar-refractivity contribution in [3.8, 4) is 11.4 Å². The molecule has 98 valence electrons. The van der Waals surface area contributed by atoms with Crippen LogP contribution in [0, 0.1) is 5.95 Å². The third-order valence-corrected chi connectivity index (χ3v) is 2.63. The van der Waals surface area contributed by atoms with E-state index in [-0.39, 0.29) is 27.9 Å². The van der Waals surface area contributed by atoms with Crippen molar-refractivity contribution >= 4 is 23.4 Å². The zero-order valence-corrected chi connectivity index (χ0v) is 10.5. The van der Waals surface area contributed by atoms with Crippen molar-refractivity contribution < 1.29 is 13.9 Å². The second-order valence-corrected chi connectivity index (χ2v) is 3.81. The van der Waals surface area contributed by atoms with Gasteiger partial charge < -0.3 is 10.5 Å². The van der Waals surface area contributed by atoms with E-state index in [1.807, 2.05) is 0 Å². The molecule has 0 aliphatic carbocycles. The van der Waals surface area contributed by atoms with E-state index in [1.165, 1.54) is 25.4 Å². The van der Waals surface area contributed by atoms with Gasteiger partial charge in [-0.2, -0.15) is 4.39 Å². The van der Waals surface area contributed by atoms with Gasteiger partial charge >= 0.3 is 5.97 Å². The van der Waals surface area contributed by atoms with Gasteiger partial charge in [-0.3, -0.25) is 0 Å². The number of anilines is 1. The number of esters is 1. The molecule has 6 nitrogen and oxygen atoms in total. The topological polar surface area (TPSA) is 91.0 Å². The number of nitrogens with two attached hydrogens (primary N) is 1. The molecule has 2 N–H and O–H groups in total. The van der Waals surface area contributed by atoms with Crippen molar-refractivity contribution in [3.63, 3.8) is 0 Å². The minimum atomic E-state index is -0.787. The number of hydrogen-bond acceptors (Lipinski definition) is 6. The van der Waals surface area contributed by atoms with Gasteiger partial charge in [-0.25, -0.2) is 19.7 Å². The maximum absolute atomic E-state index is 13.5. The average molecular weight is 283 g/mol. The van der Waals surface area contributed by atoms with Gasteiger partial charge in [-0.15, -0.1) is 0 Å². The Labute approximate surface area is 112 Å². The fraction of sp³-hybridized carbons (Fsp3) is 0.0909. The standard InChI is InChI=1S/C11H8ClFN4O2/c1-19-11(18)7-6(12)9(14)17-10(16-7)5-3-2-4-15-8(5)13/h2-4H,1H3,(H2,14,16,17). The molecule has 0 aliphatic heterocycles. The van der Waals surface area contributed by atoms with Crippen molar-refractivity contribution in [2.24, 2.45) is 0 Å². The van der Waals surface area contributed by atoms with Gasteiger partial charge in [0.1, 0.15) is 10.8 Å². The van der Waals surface area contributed by atoms with E-state index in [2.05, 4.69) is 19.7 Å². The molecule has 0 saturated carbocycles. The first-order valence-electron chi connectivity index (χ1n) is 5.06. The van der Waals surface area contributed by atoms with Gasteiger partial charge in [0.25, 0.3) is 0 Å². The predicted octanol–water partition coefficient (Wildman–Crippen LogP) is 1.70. The highest BCUT2D eigenvalue weighted by Crippen LogP contribution is 2.25. The summed E-state index contributed by atoms with van der Waals surface area (Å²) in [5, 5.41) is -0.139. The molecule has 0 aromatic carbocycles. The number of ether oxygens (including phenoxy) is 1. The number of methoxy groups -OCH3 is 1. The maximum atomic E-state index is 13.5. The van der Waals surface area contributed by atoms with E-state index in [9.17, 15) is 9.18 Å². The van der Waals surface area contributed by atoms with Crippen LogP contribution in [0.25, 0.3) is 11.4 Å². The molecule has 2 rings (SSSR count). The lowest BCUT2D eigenvalue weighted by Gasteiger charge is -2.07. The van der Waals surface area contributed by atoms with Crippen LogP contribution < -0.4 is 5.73 Å². The molecule has 0 unspecified atom stereocenters. The monoisotopic (exact) mass is 282 g/mol. The zero-order valence-electron chi connectivity index (χ0n) is 9.72. The van der Waals surface area contributed by atoms with Crippen LogP contribution in [0.1, 0.15) is 10.5 Å². The number of aromatic nitrogens is 3. The molecule has 0 atom stereocenters. The van der Waals surface area contributed by atoms with Gasteiger partial charge in [0.05, 0.1) is 12.7 Å². The quantitative estimate of drug-likeness (QED) is 0.666. The molecule has 0 saturated heterocycles. The molecule has 0 radical (unpaired) electrons. The maximum Gasteiger partial charge on any atom is 0.358 e. The molecule has 19 heavy (non-hydrogen) atoms. The van der Waals surface area contributed by atoms with Crippen molar-refractivity contribution in [1.29, 1.82) is 0 Å². The lowest BCUT2D eigenvalue weighted by atomic mass is 10.2.